The minimum atomic E-state index is -0.581. The van der Waals surface area contributed by atoms with Crippen LogP contribution in [0.2, 0.25) is 5.02 Å². The molecule has 5 rings (SSSR count). The standard InChI is InChI=1S/C27H23ClN4O2S/c1-17-7-9-19(10-8-17)23-15-22(18-11-13-20(28)14-12-18)31-32(23)27-30-26(34)24(35-27)16-25(33)29-21-5-3-2-4-6-21/h2-14,23-24H,15-16H2,1H3,(H,29,33)/t23-,24+/m1/s1. The molecule has 0 aromatic heterocycles. The fourth-order valence-corrected chi connectivity index (χ4v) is 5.25. The smallest absolute Gasteiger partial charge is 0.262 e. The number of benzene rings is 3. The molecule has 0 aliphatic carbocycles. The summed E-state index contributed by atoms with van der Waals surface area (Å²) in [7, 11) is 0. The second-order valence-electron chi connectivity index (χ2n) is 8.49. The first-order chi connectivity index (χ1) is 17.0. The van der Waals surface area contributed by atoms with Gasteiger partial charge in [0.1, 0.15) is 5.25 Å². The summed E-state index contributed by atoms with van der Waals surface area (Å²) < 4.78 is 0. The van der Waals surface area contributed by atoms with Gasteiger partial charge in [0.25, 0.3) is 5.91 Å². The lowest BCUT2D eigenvalue weighted by atomic mass is 9.98. The first-order valence-electron chi connectivity index (χ1n) is 11.3. The van der Waals surface area contributed by atoms with Gasteiger partial charge in [0, 0.05) is 23.6 Å². The minimum Gasteiger partial charge on any atom is -0.326 e. The van der Waals surface area contributed by atoms with E-state index in [1.54, 1.807) is 0 Å². The van der Waals surface area contributed by atoms with Crippen LogP contribution in [-0.2, 0) is 9.59 Å². The van der Waals surface area contributed by atoms with Gasteiger partial charge in [0.2, 0.25) is 5.91 Å². The van der Waals surface area contributed by atoms with E-state index in [9.17, 15) is 9.59 Å². The van der Waals surface area contributed by atoms with Crippen LogP contribution in [0.25, 0.3) is 0 Å². The topological polar surface area (TPSA) is 74.1 Å². The zero-order chi connectivity index (χ0) is 24.4. The first kappa shape index (κ1) is 23.3. The maximum absolute atomic E-state index is 12.7. The van der Waals surface area contributed by atoms with Crippen LogP contribution in [0.15, 0.2) is 89.0 Å². The molecule has 8 heteroatoms. The van der Waals surface area contributed by atoms with E-state index < -0.39 is 5.25 Å². The molecule has 3 aromatic carbocycles. The second-order valence-corrected chi connectivity index (χ2v) is 10.1. The van der Waals surface area contributed by atoms with Crippen LogP contribution in [-0.4, -0.2) is 33.0 Å². The highest BCUT2D eigenvalue weighted by Gasteiger charge is 2.39. The summed E-state index contributed by atoms with van der Waals surface area (Å²) in [6.45, 7) is 2.05. The Morgan fingerprint density at radius 1 is 1.06 bits per heavy atom. The summed E-state index contributed by atoms with van der Waals surface area (Å²) >= 11 is 7.37. The van der Waals surface area contributed by atoms with Gasteiger partial charge in [-0.3, -0.25) is 9.59 Å². The van der Waals surface area contributed by atoms with Crippen molar-refractivity contribution in [2.75, 3.05) is 5.32 Å². The molecule has 0 spiro atoms. The molecule has 176 valence electrons. The van der Waals surface area contributed by atoms with E-state index in [4.69, 9.17) is 16.7 Å². The fraction of sp³-hybridized carbons (Fsp3) is 0.185. The predicted molar refractivity (Wildman–Crippen MR) is 142 cm³/mol. The Hall–Kier alpha value is -3.42. The highest BCUT2D eigenvalue weighted by molar-refractivity contribution is 8.15. The number of para-hydroxylation sites is 1. The van der Waals surface area contributed by atoms with Crippen molar-refractivity contribution < 1.29 is 9.59 Å². The van der Waals surface area contributed by atoms with Crippen LogP contribution in [0.4, 0.5) is 5.69 Å². The zero-order valence-corrected chi connectivity index (χ0v) is 20.6. The Balaban J connectivity index is 1.36. The van der Waals surface area contributed by atoms with Crippen LogP contribution in [0, 0.1) is 6.92 Å². The number of aryl methyl sites for hydroxylation is 1. The number of aliphatic imine (C=N–C) groups is 1. The monoisotopic (exact) mass is 502 g/mol. The number of thioether (sulfide) groups is 1. The summed E-state index contributed by atoms with van der Waals surface area (Å²) in [5.74, 6) is -0.536. The lowest BCUT2D eigenvalue weighted by Gasteiger charge is -2.23. The normalized spacial score (nSPS) is 19.5. The summed E-state index contributed by atoms with van der Waals surface area (Å²) in [4.78, 5) is 29.6. The summed E-state index contributed by atoms with van der Waals surface area (Å²) in [6, 6.07) is 25.0. The van der Waals surface area contributed by atoms with E-state index >= 15 is 0 Å². The molecule has 0 saturated carbocycles. The summed E-state index contributed by atoms with van der Waals surface area (Å²) in [6.07, 6.45) is 0.708. The summed E-state index contributed by atoms with van der Waals surface area (Å²) in [5.41, 5.74) is 4.83. The number of amidine groups is 1. The number of hydrazone groups is 1. The van der Waals surface area contributed by atoms with Gasteiger partial charge >= 0.3 is 0 Å². The molecule has 0 unspecified atom stereocenters. The molecule has 2 aliphatic rings. The van der Waals surface area contributed by atoms with Crippen molar-refractivity contribution in [1.82, 2.24) is 5.01 Å². The molecule has 2 amide bonds. The van der Waals surface area contributed by atoms with Gasteiger partial charge in [-0.1, -0.05) is 83.5 Å². The van der Waals surface area contributed by atoms with E-state index in [2.05, 4.69) is 34.6 Å². The van der Waals surface area contributed by atoms with Gasteiger partial charge in [0.05, 0.1) is 11.8 Å². The Labute approximate surface area is 213 Å². The number of hydrogen-bond acceptors (Lipinski definition) is 5. The Morgan fingerprint density at radius 3 is 2.49 bits per heavy atom. The van der Waals surface area contributed by atoms with Crippen molar-refractivity contribution >= 4 is 51.7 Å². The molecule has 2 atom stereocenters. The molecular formula is C27H23ClN4O2S. The van der Waals surface area contributed by atoms with Gasteiger partial charge in [-0.05, 0) is 42.3 Å². The molecule has 0 fully saturated rings. The Bertz CT molecular complexity index is 1310. The van der Waals surface area contributed by atoms with Crippen molar-refractivity contribution in [3.05, 3.63) is 101 Å². The van der Waals surface area contributed by atoms with Crippen LogP contribution in [0.3, 0.4) is 0 Å². The summed E-state index contributed by atoms with van der Waals surface area (Å²) in [5, 5.41) is 10.1. The quantitative estimate of drug-likeness (QED) is 0.476. The average Bonchev–Trinajstić information content (AvgIpc) is 3.45. The van der Waals surface area contributed by atoms with E-state index in [1.807, 2.05) is 66.5 Å². The largest absolute Gasteiger partial charge is 0.326 e. The van der Waals surface area contributed by atoms with Gasteiger partial charge in [-0.2, -0.15) is 10.1 Å². The molecule has 2 aliphatic heterocycles. The SMILES string of the molecule is Cc1ccc([C@H]2CC(c3ccc(Cl)cc3)=NN2C2=NC(=O)[C@H](CC(=O)Nc3ccccc3)S2)cc1. The third-order valence-corrected chi connectivity index (χ3v) is 7.30. The lowest BCUT2D eigenvalue weighted by molar-refractivity contribution is -0.121. The number of hydrogen-bond donors (Lipinski definition) is 1. The third-order valence-electron chi connectivity index (χ3n) is 5.90. The van der Waals surface area contributed by atoms with Crippen molar-refractivity contribution in [2.24, 2.45) is 10.1 Å². The highest BCUT2D eigenvalue weighted by Crippen LogP contribution is 2.38. The molecular weight excluding hydrogens is 480 g/mol. The maximum Gasteiger partial charge on any atom is 0.262 e. The van der Waals surface area contributed by atoms with Gasteiger partial charge in [-0.15, -0.1) is 0 Å². The van der Waals surface area contributed by atoms with Gasteiger partial charge in [0.15, 0.2) is 5.17 Å². The number of carbonyl (C=O) groups excluding carboxylic acids is 2. The Morgan fingerprint density at radius 2 is 1.77 bits per heavy atom. The number of nitrogens with one attached hydrogen (secondary N) is 1. The Kier molecular flexibility index (Phi) is 6.70. The van der Waals surface area contributed by atoms with E-state index in [-0.39, 0.29) is 24.3 Å². The lowest BCUT2D eigenvalue weighted by Crippen LogP contribution is -2.25. The average molecular weight is 503 g/mol. The molecule has 6 nitrogen and oxygen atoms in total. The van der Waals surface area contributed by atoms with Crippen LogP contribution < -0.4 is 5.32 Å². The molecule has 2 heterocycles. The van der Waals surface area contributed by atoms with Gasteiger partial charge in [-0.25, -0.2) is 5.01 Å². The maximum atomic E-state index is 12.7. The number of amides is 2. The minimum absolute atomic E-state index is 0.0438. The number of nitrogens with zero attached hydrogens (tertiary/aromatic N) is 3. The van der Waals surface area contributed by atoms with E-state index in [1.165, 1.54) is 17.3 Å². The number of rotatable bonds is 5. The fourth-order valence-electron chi connectivity index (χ4n) is 4.06. The van der Waals surface area contributed by atoms with Gasteiger partial charge < -0.3 is 5.32 Å². The predicted octanol–water partition coefficient (Wildman–Crippen LogP) is 5.83. The van der Waals surface area contributed by atoms with Crippen LogP contribution in [0.5, 0.6) is 0 Å². The van der Waals surface area contributed by atoms with E-state index in [0.717, 1.165) is 16.8 Å². The molecule has 3 aromatic rings. The second kappa shape index (κ2) is 10.1. The van der Waals surface area contributed by atoms with Crippen LogP contribution in [0.1, 0.15) is 35.6 Å². The number of halogens is 1. The highest BCUT2D eigenvalue weighted by atomic mass is 35.5. The number of carbonyl (C=O) groups is 2. The molecule has 0 radical (unpaired) electrons. The molecule has 0 bridgehead atoms. The number of anilines is 1. The van der Waals surface area contributed by atoms with Crippen molar-refractivity contribution in [1.29, 1.82) is 0 Å². The molecule has 0 saturated heterocycles. The van der Waals surface area contributed by atoms with Crippen molar-refractivity contribution in [3.8, 4) is 0 Å². The third kappa shape index (κ3) is 5.31. The van der Waals surface area contributed by atoms with Crippen LogP contribution >= 0.6 is 23.4 Å². The van der Waals surface area contributed by atoms with Crippen molar-refractivity contribution in [3.63, 3.8) is 0 Å². The zero-order valence-electron chi connectivity index (χ0n) is 19.0. The van der Waals surface area contributed by atoms with Crippen molar-refractivity contribution in [2.45, 2.75) is 31.1 Å². The molecule has 35 heavy (non-hydrogen) atoms. The van der Waals surface area contributed by atoms with E-state index in [0.29, 0.717) is 22.3 Å². The molecule has 1 N–H and O–H groups in total. The first-order valence-corrected chi connectivity index (χ1v) is 12.6.